The van der Waals surface area contributed by atoms with Gasteiger partial charge in [-0.3, -0.25) is 19.3 Å². The van der Waals surface area contributed by atoms with E-state index in [0.717, 1.165) is 17.0 Å². The number of nitrogens with one attached hydrogen (secondary N) is 1. The molecule has 32 heavy (non-hydrogen) atoms. The standard InChI is InChI=1S/C22H20F3N3O4/c1-13(28-20(30)15-4-2-3-5-16(15)21(28)31)19(29)26-17-12-14(22(23,24)25)6-7-18(17)27-8-10-32-11-9-27/h2-7,12-13H,8-11H2,1H3,(H,26,29)/t13-/m1/s1. The number of carbonyl (C=O) groups is 3. The first kappa shape index (κ1) is 21.8. The van der Waals surface area contributed by atoms with Gasteiger partial charge < -0.3 is 15.0 Å². The van der Waals surface area contributed by atoms with Crippen molar-refractivity contribution in [2.24, 2.45) is 0 Å². The number of benzene rings is 2. The molecule has 1 N–H and O–H groups in total. The van der Waals surface area contributed by atoms with Crippen LogP contribution in [0.1, 0.15) is 33.2 Å². The molecular formula is C22H20F3N3O4. The molecule has 0 bridgehead atoms. The maximum Gasteiger partial charge on any atom is 0.416 e. The number of carbonyl (C=O) groups excluding carboxylic acids is 3. The van der Waals surface area contributed by atoms with Crippen LogP contribution in [0.15, 0.2) is 42.5 Å². The largest absolute Gasteiger partial charge is 0.416 e. The molecule has 2 aromatic carbocycles. The summed E-state index contributed by atoms with van der Waals surface area (Å²) in [6.07, 6.45) is -4.60. The van der Waals surface area contributed by atoms with Gasteiger partial charge >= 0.3 is 6.18 Å². The van der Waals surface area contributed by atoms with Crippen molar-refractivity contribution >= 4 is 29.1 Å². The maximum absolute atomic E-state index is 13.3. The Kier molecular flexibility index (Phi) is 5.64. The third kappa shape index (κ3) is 3.93. The van der Waals surface area contributed by atoms with Gasteiger partial charge in [-0.1, -0.05) is 12.1 Å². The minimum absolute atomic E-state index is 0.0461. The molecule has 2 heterocycles. The fraction of sp³-hybridized carbons (Fsp3) is 0.318. The Labute approximate surface area is 181 Å². The molecule has 168 valence electrons. The van der Waals surface area contributed by atoms with E-state index in [1.807, 2.05) is 4.90 Å². The highest BCUT2D eigenvalue weighted by molar-refractivity contribution is 6.23. The first-order chi connectivity index (χ1) is 15.2. The Morgan fingerprint density at radius 3 is 2.19 bits per heavy atom. The summed E-state index contributed by atoms with van der Waals surface area (Å²) in [5, 5.41) is 2.50. The Bertz CT molecular complexity index is 1050. The SMILES string of the molecule is C[C@H](C(=O)Nc1cc(C(F)(F)F)ccc1N1CCOCC1)N1C(=O)c2ccccc2C1=O. The zero-order valence-electron chi connectivity index (χ0n) is 17.1. The second kappa shape index (κ2) is 8.27. The van der Waals surface area contributed by atoms with Crippen LogP contribution in [0.3, 0.4) is 0 Å². The summed E-state index contributed by atoms with van der Waals surface area (Å²) < 4.78 is 45.2. The van der Waals surface area contributed by atoms with E-state index in [2.05, 4.69) is 5.32 Å². The van der Waals surface area contributed by atoms with Gasteiger partial charge in [0.2, 0.25) is 5.91 Å². The third-order valence-corrected chi connectivity index (χ3v) is 5.53. The molecule has 1 saturated heterocycles. The van der Waals surface area contributed by atoms with Gasteiger partial charge in [-0.05, 0) is 37.3 Å². The first-order valence-electron chi connectivity index (χ1n) is 10.00. The summed E-state index contributed by atoms with van der Waals surface area (Å²) in [5.41, 5.74) is -0.187. The minimum Gasteiger partial charge on any atom is -0.378 e. The Morgan fingerprint density at radius 1 is 1.03 bits per heavy atom. The molecule has 7 nitrogen and oxygen atoms in total. The lowest BCUT2D eigenvalue weighted by atomic mass is 10.1. The highest BCUT2D eigenvalue weighted by Gasteiger charge is 2.41. The average Bonchev–Trinajstić information content (AvgIpc) is 3.03. The highest BCUT2D eigenvalue weighted by Crippen LogP contribution is 2.36. The van der Waals surface area contributed by atoms with Gasteiger partial charge in [-0.2, -0.15) is 13.2 Å². The van der Waals surface area contributed by atoms with Crippen LogP contribution < -0.4 is 10.2 Å². The number of fused-ring (bicyclic) bond motifs is 1. The van der Waals surface area contributed by atoms with Crippen LogP contribution >= 0.6 is 0 Å². The fourth-order valence-electron chi connectivity index (χ4n) is 3.81. The summed E-state index contributed by atoms with van der Waals surface area (Å²) in [7, 11) is 0. The van der Waals surface area contributed by atoms with E-state index in [1.165, 1.54) is 25.1 Å². The second-order valence-corrected chi connectivity index (χ2v) is 7.52. The van der Waals surface area contributed by atoms with Crippen LogP contribution in [0.2, 0.25) is 0 Å². The van der Waals surface area contributed by atoms with Crippen molar-refractivity contribution in [3.8, 4) is 0 Å². The number of amides is 3. The molecule has 2 aromatic rings. The van der Waals surface area contributed by atoms with Gasteiger partial charge in [0, 0.05) is 13.1 Å². The van der Waals surface area contributed by atoms with Crippen molar-refractivity contribution < 1.29 is 32.3 Å². The number of rotatable bonds is 4. The molecule has 0 spiro atoms. The zero-order valence-corrected chi connectivity index (χ0v) is 17.1. The summed E-state index contributed by atoms with van der Waals surface area (Å²) >= 11 is 0. The number of ether oxygens (including phenoxy) is 1. The predicted molar refractivity (Wildman–Crippen MR) is 110 cm³/mol. The van der Waals surface area contributed by atoms with Gasteiger partial charge in [0.15, 0.2) is 0 Å². The Morgan fingerprint density at radius 2 is 1.62 bits per heavy atom. The molecule has 3 amide bonds. The molecule has 1 fully saturated rings. The molecule has 0 radical (unpaired) electrons. The summed E-state index contributed by atoms with van der Waals surface area (Å²) in [4.78, 5) is 40.9. The zero-order chi connectivity index (χ0) is 23.0. The Hall–Kier alpha value is -3.40. The maximum atomic E-state index is 13.3. The summed E-state index contributed by atoms with van der Waals surface area (Å²) in [6.45, 7) is 3.06. The van der Waals surface area contributed by atoms with Crippen molar-refractivity contribution in [2.75, 3.05) is 36.5 Å². The molecule has 2 aliphatic rings. The van der Waals surface area contributed by atoms with Crippen LogP contribution in [0.5, 0.6) is 0 Å². The van der Waals surface area contributed by atoms with Crippen molar-refractivity contribution in [3.05, 3.63) is 59.2 Å². The number of nitrogens with zero attached hydrogens (tertiary/aromatic N) is 2. The van der Waals surface area contributed by atoms with E-state index in [4.69, 9.17) is 4.74 Å². The number of alkyl halides is 3. The van der Waals surface area contributed by atoms with E-state index < -0.39 is 35.5 Å². The van der Waals surface area contributed by atoms with Gasteiger partial charge in [-0.25, -0.2) is 0 Å². The lowest BCUT2D eigenvalue weighted by Gasteiger charge is -2.31. The number of anilines is 2. The fourth-order valence-corrected chi connectivity index (χ4v) is 3.81. The number of morpholine rings is 1. The van der Waals surface area contributed by atoms with Crippen LogP contribution in [0.25, 0.3) is 0 Å². The lowest BCUT2D eigenvalue weighted by molar-refractivity contribution is -0.137. The molecular weight excluding hydrogens is 427 g/mol. The van der Waals surface area contributed by atoms with Crippen molar-refractivity contribution in [3.63, 3.8) is 0 Å². The first-order valence-corrected chi connectivity index (χ1v) is 10.00. The summed E-state index contributed by atoms with van der Waals surface area (Å²) in [6, 6.07) is 8.08. The molecule has 0 aliphatic carbocycles. The molecule has 0 aromatic heterocycles. The normalized spacial score (nSPS) is 17.4. The topological polar surface area (TPSA) is 79.0 Å². The quantitative estimate of drug-likeness (QED) is 0.729. The molecule has 4 rings (SSSR count). The van der Waals surface area contributed by atoms with E-state index in [9.17, 15) is 27.6 Å². The van der Waals surface area contributed by atoms with E-state index in [1.54, 1.807) is 12.1 Å². The van der Waals surface area contributed by atoms with Gasteiger partial charge in [0.1, 0.15) is 6.04 Å². The predicted octanol–water partition coefficient (Wildman–Crippen LogP) is 3.17. The number of hydrogen-bond donors (Lipinski definition) is 1. The molecule has 0 unspecified atom stereocenters. The van der Waals surface area contributed by atoms with Gasteiger partial charge in [0.25, 0.3) is 11.8 Å². The Balaban J connectivity index is 1.62. The molecule has 10 heteroatoms. The minimum atomic E-state index is -4.60. The molecule has 2 aliphatic heterocycles. The second-order valence-electron chi connectivity index (χ2n) is 7.52. The molecule has 1 atom stereocenters. The van der Waals surface area contributed by atoms with Gasteiger partial charge in [0.05, 0.1) is 41.3 Å². The molecule has 0 saturated carbocycles. The van der Waals surface area contributed by atoms with Crippen LogP contribution in [0, 0.1) is 0 Å². The number of halogens is 3. The number of imide groups is 1. The monoisotopic (exact) mass is 447 g/mol. The van der Waals surface area contributed by atoms with E-state index in [-0.39, 0.29) is 16.8 Å². The lowest BCUT2D eigenvalue weighted by Crippen LogP contribution is -2.45. The van der Waals surface area contributed by atoms with Crippen LogP contribution in [-0.2, 0) is 15.7 Å². The van der Waals surface area contributed by atoms with E-state index >= 15 is 0 Å². The van der Waals surface area contributed by atoms with Crippen molar-refractivity contribution in [1.29, 1.82) is 0 Å². The van der Waals surface area contributed by atoms with Gasteiger partial charge in [-0.15, -0.1) is 0 Å². The third-order valence-electron chi connectivity index (χ3n) is 5.53. The summed E-state index contributed by atoms with van der Waals surface area (Å²) in [5.74, 6) is -2.01. The smallest absolute Gasteiger partial charge is 0.378 e. The highest BCUT2D eigenvalue weighted by atomic mass is 19.4. The van der Waals surface area contributed by atoms with Crippen molar-refractivity contribution in [1.82, 2.24) is 4.90 Å². The number of hydrogen-bond acceptors (Lipinski definition) is 5. The van der Waals surface area contributed by atoms with E-state index in [0.29, 0.717) is 32.0 Å². The van der Waals surface area contributed by atoms with Crippen LogP contribution in [0.4, 0.5) is 24.5 Å². The van der Waals surface area contributed by atoms with Crippen molar-refractivity contribution in [2.45, 2.75) is 19.1 Å². The van der Waals surface area contributed by atoms with Crippen LogP contribution in [-0.4, -0.2) is 55.0 Å². The average molecular weight is 447 g/mol.